The average molecular weight is 334 g/mol. The smallest absolute Gasteiger partial charge is 0.152 e. The third-order valence-electron chi connectivity index (χ3n) is 2.93. The summed E-state index contributed by atoms with van der Waals surface area (Å²) >= 11 is 3.37. The Morgan fingerprint density at radius 3 is 2.39 bits per heavy atom. The molecule has 0 aliphatic carbocycles. The van der Waals surface area contributed by atoms with E-state index in [0.717, 1.165) is 16.8 Å². The molecule has 0 bridgehead atoms. The minimum atomic E-state index is -2.79. The van der Waals surface area contributed by atoms with Crippen LogP contribution in [0.25, 0.3) is 0 Å². The monoisotopic (exact) mass is 333 g/mol. The van der Waals surface area contributed by atoms with Crippen LogP contribution >= 0.6 is 15.9 Å². The highest BCUT2D eigenvalue weighted by Crippen LogP contribution is 2.16. The Balaban J connectivity index is 1.71. The molecule has 1 aliphatic rings. The quantitative estimate of drug-likeness (QED) is 0.838. The Labute approximate surface area is 116 Å². The summed E-state index contributed by atoms with van der Waals surface area (Å²) in [6, 6.07) is 7.68. The second-order valence-electron chi connectivity index (χ2n) is 4.30. The van der Waals surface area contributed by atoms with Gasteiger partial charge in [0.05, 0.1) is 11.5 Å². The third-order valence-corrected chi connectivity index (χ3v) is 5.06. The Hall–Kier alpha value is -0.590. The van der Waals surface area contributed by atoms with E-state index in [4.69, 9.17) is 4.74 Å². The molecule has 1 heterocycles. The summed E-state index contributed by atoms with van der Waals surface area (Å²) in [4.78, 5) is 2.12. The zero-order chi connectivity index (χ0) is 13.0. The maximum absolute atomic E-state index is 11.3. The molecule has 1 fully saturated rings. The SMILES string of the molecule is O=S1(=O)CCN(CCOc2ccc(Br)cc2)CC1. The van der Waals surface area contributed by atoms with Gasteiger partial charge < -0.3 is 4.74 Å². The second-order valence-corrected chi connectivity index (χ2v) is 7.52. The Morgan fingerprint density at radius 1 is 1.17 bits per heavy atom. The summed E-state index contributed by atoms with van der Waals surface area (Å²) in [6.45, 7) is 2.59. The number of hydrogen-bond acceptors (Lipinski definition) is 4. The van der Waals surface area contributed by atoms with Gasteiger partial charge in [0.1, 0.15) is 12.4 Å². The van der Waals surface area contributed by atoms with Crippen LogP contribution in [0.2, 0.25) is 0 Å². The van der Waals surface area contributed by atoms with Crippen molar-refractivity contribution < 1.29 is 13.2 Å². The molecule has 2 rings (SSSR count). The number of nitrogens with zero attached hydrogens (tertiary/aromatic N) is 1. The van der Waals surface area contributed by atoms with E-state index in [9.17, 15) is 8.42 Å². The van der Waals surface area contributed by atoms with Gasteiger partial charge in [0.2, 0.25) is 0 Å². The van der Waals surface area contributed by atoms with Gasteiger partial charge in [-0.1, -0.05) is 15.9 Å². The van der Waals surface area contributed by atoms with Crippen molar-refractivity contribution in [3.8, 4) is 5.75 Å². The van der Waals surface area contributed by atoms with E-state index in [1.807, 2.05) is 24.3 Å². The molecular weight excluding hydrogens is 318 g/mol. The molecule has 6 heteroatoms. The molecule has 100 valence electrons. The molecule has 0 radical (unpaired) electrons. The predicted octanol–water partition coefficient (Wildman–Crippen LogP) is 1.56. The lowest BCUT2D eigenvalue weighted by molar-refractivity contribution is 0.219. The molecule has 0 unspecified atom stereocenters. The van der Waals surface area contributed by atoms with Gasteiger partial charge in [0.25, 0.3) is 0 Å². The molecule has 1 aromatic rings. The van der Waals surface area contributed by atoms with Crippen molar-refractivity contribution in [2.45, 2.75) is 0 Å². The van der Waals surface area contributed by atoms with Gasteiger partial charge in [0, 0.05) is 24.1 Å². The number of hydrogen-bond donors (Lipinski definition) is 0. The molecule has 0 spiro atoms. The highest BCUT2D eigenvalue weighted by atomic mass is 79.9. The van der Waals surface area contributed by atoms with Crippen LogP contribution in [-0.2, 0) is 9.84 Å². The van der Waals surface area contributed by atoms with E-state index >= 15 is 0 Å². The molecule has 1 aliphatic heterocycles. The largest absolute Gasteiger partial charge is 0.492 e. The van der Waals surface area contributed by atoms with Crippen LogP contribution in [0.15, 0.2) is 28.7 Å². The summed E-state index contributed by atoms with van der Waals surface area (Å²) < 4.78 is 29.1. The fraction of sp³-hybridized carbons (Fsp3) is 0.500. The molecule has 0 saturated carbocycles. The van der Waals surface area contributed by atoms with Crippen molar-refractivity contribution in [2.24, 2.45) is 0 Å². The summed E-state index contributed by atoms with van der Waals surface area (Å²) in [7, 11) is -2.79. The third kappa shape index (κ3) is 4.26. The van der Waals surface area contributed by atoms with Crippen molar-refractivity contribution in [3.63, 3.8) is 0 Å². The molecule has 0 atom stereocenters. The van der Waals surface area contributed by atoms with Crippen molar-refractivity contribution in [3.05, 3.63) is 28.7 Å². The number of benzene rings is 1. The number of ether oxygens (including phenoxy) is 1. The van der Waals surface area contributed by atoms with Crippen LogP contribution in [-0.4, -0.2) is 51.1 Å². The van der Waals surface area contributed by atoms with Crippen molar-refractivity contribution >= 4 is 25.8 Å². The molecule has 0 amide bonds. The second kappa shape index (κ2) is 6.04. The van der Waals surface area contributed by atoms with Crippen LogP contribution in [0.4, 0.5) is 0 Å². The lowest BCUT2D eigenvalue weighted by Crippen LogP contribution is -2.42. The normalized spacial score (nSPS) is 19.6. The average Bonchev–Trinajstić information content (AvgIpc) is 2.34. The van der Waals surface area contributed by atoms with Gasteiger partial charge in [-0.2, -0.15) is 0 Å². The number of rotatable bonds is 4. The molecule has 0 N–H and O–H groups in total. The van der Waals surface area contributed by atoms with E-state index in [1.165, 1.54) is 0 Å². The predicted molar refractivity (Wildman–Crippen MR) is 74.7 cm³/mol. The van der Waals surface area contributed by atoms with Gasteiger partial charge in [-0.15, -0.1) is 0 Å². The van der Waals surface area contributed by atoms with E-state index in [0.29, 0.717) is 19.7 Å². The Morgan fingerprint density at radius 2 is 1.78 bits per heavy atom. The Kier molecular flexibility index (Phi) is 4.64. The first-order valence-corrected chi connectivity index (χ1v) is 8.48. The van der Waals surface area contributed by atoms with Crippen LogP contribution in [0.3, 0.4) is 0 Å². The maximum Gasteiger partial charge on any atom is 0.152 e. The zero-order valence-electron chi connectivity index (χ0n) is 10.0. The number of sulfone groups is 1. The summed E-state index contributed by atoms with van der Waals surface area (Å²) in [5.41, 5.74) is 0. The fourth-order valence-corrected chi connectivity index (χ4v) is 3.34. The van der Waals surface area contributed by atoms with E-state index in [-0.39, 0.29) is 11.5 Å². The standard InChI is InChI=1S/C12H16BrNO3S/c13-11-1-3-12(4-2-11)17-8-5-14-6-9-18(15,16)10-7-14/h1-4H,5-10H2. The van der Waals surface area contributed by atoms with E-state index in [1.54, 1.807) is 0 Å². The van der Waals surface area contributed by atoms with Crippen LogP contribution in [0, 0.1) is 0 Å². The fourth-order valence-electron chi connectivity index (χ4n) is 1.80. The minimum absolute atomic E-state index is 0.269. The van der Waals surface area contributed by atoms with E-state index < -0.39 is 9.84 Å². The van der Waals surface area contributed by atoms with Gasteiger partial charge in [-0.05, 0) is 24.3 Å². The first kappa shape index (κ1) is 13.8. The first-order chi connectivity index (χ1) is 8.55. The van der Waals surface area contributed by atoms with Crippen molar-refractivity contribution in [1.82, 2.24) is 4.90 Å². The lowest BCUT2D eigenvalue weighted by Gasteiger charge is -2.26. The van der Waals surface area contributed by atoms with Crippen molar-refractivity contribution in [1.29, 1.82) is 0 Å². The van der Waals surface area contributed by atoms with Crippen molar-refractivity contribution in [2.75, 3.05) is 37.7 Å². The Bertz CT molecular complexity index is 473. The molecular formula is C12H16BrNO3S. The van der Waals surface area contributed by atoms with Crippen LogP contribution in [0.1, 0.15) is 0 Å². The number of halogens is 1. The van der Waals surface area contributed by atoms with E-state index in [2.05, 4.69) is 20.8 Å². The topological polar surface area (TPSA) is 46.6 Å². The van der Waals surface area contributed by atoms with Gasteiger partial charge in [0.15, 0.2) is 9.84 Å². The molecule has 18 heavy (non-hydrogen) atoms. The van der Waals surface area contributed by atoms with Gasteiger partial charge in [-0.3, -0.25) is 4.90 Å². The summed E-state index contributed by atoms with van der Waals surface area (Å²) in [5.74, 6) is 1.37. The highest BCUT2D eigenvalue weighted by molar-refractivity contribution is 9.10. The van der Waals surface area contributed by atoms with Gasteiger partial charge >= 0.3 is 0 Å². The zero-order valence-corrected chi connectivity index (χ0v) is 12.4. The molecule has 1 saturated heterocycles. The summed E-state index contributed by atoms with van der Waals surface area (Å²) in [6.07, 6.45) is 0. The lowest BCUT2D eigenvalue weighted by atomic mass is 10.3. The maximum atomic E-state index is 11.3. The van der Waals surface area contributed by atoms with Gasteiger partial charge in [-0.25, -0.2) is 8.42 Å². The van der Waals surface area contributed by atoms with Crippen LogP contribution < -0.4 is 4.74 Å². The first-order valence-electron chi connectivity index (χ1n) is 5.86. The molecule has 4 nitrogen and oxygen atoms in total. The minimum Gasteiger partial charge on any atom is -0.492 e. The van der Waals surface area contributed by atoms with Crippen LogP contribution in [0.5, 0.6) is 5.75 Å². The summed E-state index contributed by atoms with van der Waals surface area (Å²) in [5, 5.41) is 0. The highest BCUT2D eigenvalue weighted by Gasteiger charge is 2.20. The molecule has 1 aromatic carbocycles. The molecule has 0 aromatic heterocycles.